The minimum atomic E-state index is -4.57. The molecule has 0 aromatic carbocycles. The molecule has 106 valence electrons. The van der Waals surface area contributed by atoms with Crippen LogP contribution in [-0.2, 0) is 11.0 Å². The van der Waals surface area contributed by atoms with Crippen molar-refractivity contribution in [2.75, 3.05) is 5.32 Å². The summed E-state index contributed by atoms with van der Waals surface area (Å²) in [5.41, 5.74) is -1.07. The average molecular weight is 302 g/mol. The summed E-state index contributed by atoms with van der Waals surface area (Å²) in [5, 5.41) is 13.3. The van der Waals surface area contributed by atoms with Crippen molar-refractivity contribution < 1.29 is 23.1 Å². The van der Waals surface area contributed by atoms with E-state index in [1.54, 1.807) is 17.5 Å². The number of carboxylic acids is 1. The molecule has 0 fully saturated rings. The molecule has 8 heteroatoms. The van der Waals surface area contributed by atoms with Gasteiger partial charge in [-0.15, -0.1) is 11.3 Å². The normalized spacial score (nSPS) is 12.9. The number of carboxylic acid groups (broad SMARTS) is 1. The van der Waals surface area contributed by atoms with Gasteiger partial charge in [0.05, 0.1) is 0 Å². The highest BCUT2D eigenvalue weighted by Crippen LogP contribution is 2.29. The number of nitrogens with one attached hydrogen (secondary N) is 1. The van der Waals surface area contributed by atoms with Crippen molar-refractivity contribution in [2.45, 2.75) is 12.2 Å². The van der Waals surface area contributed by atoms with Gasteiger partial charge in [0.15, 0.2) is 6.04 Å². The second kappa shape index (κ2) is 5.49. The molecule has 0 aliphatic rings. The number of aliphatic carboxylic acids is 1. The van der Waals surface area contributed by atoms with Gasteiger partial charge < -0.3 is 10.4 Å². The van der Waals surface area contributed by atoms with Crippen molar-refractivity contribution in [1.29, 1.82) is 0 Å². The molecule has 20 heavy (non-hydrogen) atoms. The van der Waals surface area contributed by atoms with Gasteiger partial charge in [-0.1, -0.05) is 12.1 Å². The van der Waals surface area contributed by atoms with E-state index in [1.807, 2.05) is 0 Å². The van der Waals surface area contributed by atoms with Crippen LogP contribution in [0.2, 0.25) is 0 Å². The van der Waals surface area contributed by atoms with Crippen LogP contribution < -0.4 is 5.32 Å². The van der Waals surface area contributed by atoms with Gasteiger partial charge in [-0.25, -0.2) is 9.78 Å². The fourth-order valence-electron chi connectivity index (χ4n) is 1.53. The fourth-order valence-corrected chi connectivity index (χ4v) is 2.30. The van der Waals surface area contributed by atoms with Gasteiger partial charge in [-0.3, -0.25) is 0 Å². The van der Waals surface area contributed by atoms with E-state index in [-0.39, 0.29) is 5.82 Å². The van der Waals surface area contributed by atoms with Crippen LogP contribution in [0.3, 0.4) is 0 Å². The van der Waals surface area contributed by atoms with Crippen LogP contribution in [0.25, 0.3) is 0 Å². The van der Waals surface area contributed by atoms with Gasteiger partial charge in [0.2, 0.25) is 0 Å². The summed E-state index contributed by atoms with van der Waals surface area (Å²) < 4.78 is 37.6. The number of carbonyl (C=O) groups is 1. The summed E-state index contributed by atoms with van der Waals surface area (Å²) in [4.78, 5) is 15.0. The molecular weight excluding hydrogens is 293 g/mol. The first-order valence-corrected chi connectivity index (χ1v) is 6.33. The third-order valence-corrected chi connectivity index (χ3v) is 3.34. The van der Waals surface area contributed by atoms with Gasteiger partial charge in [-0.05, 0) is 23.6 Å². The fraction of sp³-hybridized carbons (Fsp3) is 0.167. The number of hydrogen-bond acceptors (Lipinski definition) is 4. The van der Waals surface area contributed by atoms with Crippen LogP contribution >= 0.6 is 11.3 Å². The Labute approximate surface area is 115 Å². The van der Waals surface area contributed by atoms with Crippen LogP contribution in [0.15, 0.2) is 35.7 Å². The second-order valence-electron chi connectivity index (χ2n) is 3.84. The molecule has 0 aliphatic heterocycles. The molecule has 0 saturated carbocycles. The molecule has 0 bridgehead atoms. The number of thiophene rings is 1. The first-order valence-electron chi connectivity index (χ1n) is 5.45. The summed E-state index contributed by atoms with van der Waals surface area (Å²) in [6.45, 7) is 0. The van der Waals surface area contributed by atoms with Crippen molar-refractivity contribution >= 4 is 23.1 Å². The monoisotopic (exact) mass is 302 g/mol. The number of anilines is 1. The van der Waals surface area contributed by atoms with Gasteiger partial charge >= 0.3 is 12.1 Å². The maximum absolute atomic E-state index is 12.5. The molecule has 2 N–H and O–H groups in total. The Morgan fingerprint density at radius 2 is 2.05 bits per heavy atom. The average Bonchev–Trinajstić information content (AvgIpc) is 2.88. The molecule has 1 atom stereocenters. The lowest BCUT2D eigenvalue weighted by atomic mass is 10.2. The zero-order chi connectivity index (χ0) is 14.8. The van der Waals surface area contributed by atoms with E-state index < -0.39 is 23.9 Å². The molecule has 2 rings (SSSR count). The number of hydrogen-bond donors (Lipinski definition) is 2. The third kappa shape index (κ3) is 3.27. The van der Waals surface area contributed by atoms with Gasteiger partial charge in [0.1, 0.15) is 11.5 Å². The molecule has 1 unspecified atom stereocenters. The lowest BCUT2D eigenvalue weighted by Gasteiger charge is -2.14. The lowest BCUT2D eigenvalue weighted by molar-refractivity contribution is -0.141. The SMILES string of the molecule is O=C(O)C(Nc1cccc(C(F)(F)F)n1)c1cccs1. The first kappa shape index (κ1) is 14.3. The Hall–Kier alpha value is -2.09. The van der Waals surface area contributed by atoms with Crippen LogP contribution in [0.4, 0.5) is 19.0 Å². The highest BCUT2D eigenvalue weighted by molar-refractivity contribution is 7.10. The number of alkyl halides is 3. The number of halogens is 3. The maximum Gasteiger partial charge on any atom is 0.433 e. The van der Waals surface area contributed by atoms with E-state index in [4.69, 9.17) is 5.11 Å². The summed E-state index contributed by atoms with van der Waals surface area (Å²) in [6.07, 6.45) is -4.57. The van der Waals surface area contributed by atoms with E-state index >= 15 is 0 Å². The number of aromatic nitrogens is 1. The second-order valence-corrected chi connectivity index (χ2v) is 4.82. The van der Waals surface area contributed by atoms with Gasteiger partial charge in [-0.2, -0.15) is 13.2 Å². The predicted molar refractivity (Wildman–Crippen MR) is 67.6 cm³/mol. The van der Waals surface area contributed by atoms with E-state index in [0.717, 1.165) is 6.07 Å². The van der Waals surface area contributed by atoms with Gasteiger partial charge in [0.25, 0.3) is 0 Å². The van der Waals surface area contributed by atoms with Crippen molar-refractivity contribution in [2.24, 2.45) is 0 Å². The van der Waals surface area contributed by atoms with Crippen molar-refractivity contribution in [3.63, 3.8) is 0 Å². The Bertz CT molecular complexity index is 599. The Kier molecular flexibility index (Phi) is 3.93. The van der Waals surface area contributed by atoms with Gasteiger partial charge in [0, 0.05) is 4.88 Å². The zero-order valence-electron chi connectivity index (χ0n) is 9.89. The Morgan fingerprint density at radius 3 is 2.60 bits per heavy atom. The van der Waals surface area contributed by atoms with Crippen molar-refractivity contribution in [3.8, 4) is 0 Å². The quantitative estimate of drug-likeness (QED) is 0.908. The highest BCUT2D eigenvalue weighted by Gasteiger charge is 2.32. The molecule has 0 amide bonds. The predicted octanol–water partition coefficient (Wildman–Crippen LogP) is 3.40. The molecular formula is C12H9F3N2O2S. The topological polar surface area (TPSA) is 62.2 Å². The maximum atomic E-state index is 12.5. The number of pyridine rings is 1. The summed E-state index contributed by atoms with van der Waals surface area (Å²) in [6, 6.07) is 5.41. The molecule has 2 aromatic heterocycles. The van der Waals surface area contributed by atoms with E-state index in [0.29, 0.717) is 4.88 Å². The van der Waals surface area contributed by atoms with Crippen LogP contribution in [0.1, 0.15) is 16.6 Å². The molecule has 0 radical (unpaired) electrons. The van der Waals surface area contributed by atoms with Crippen molar-refractivity contribution in [3.05, 3.63) is 46.3 Å². The summed E-state index contributed by atoms with van der Waals surface area (Å²) in [5.74, 6) is -1.33. The zero-order valence-corrected chi connectivity index (χ0v) is 10.7. The minimum absolute atomic E-state index is 0.138. The Morgan fingerprint density at radius 1 is 1.30 bits per heavy atom. The number of nitrogens with zero attached hydrogens (tertiary/aromatic N) is 1. The van der Waals surface area contributed by atoms with E-state index in [1.165, 1.54) is 23.5 Å². The molecule has 2 aromatic rings. The largest absolute Gasteiger partial charge is 0.479 e. The van der Waals surface area contributed by atoms with Crippen LogP contribution in [0.5, 0.6) is 0 Å². The smallest absolute Gasteiger partial charge is 0.433 e. The lowest BCUT2D eigenvalue weighted by Crippen LogP contribution is -2.20. The molecule has 0 saturated heterocycles. The summed E-state index contributed by atoms with van der Waals surface area (Å²) >= 11 is 1.20. The van der Waals surface area contributed by atoms with Crippen molar-refractivity contribution in [1.82, 2.24) is 4.98 Å². The highest BCUT2D eigenvalue weighted by atomic mass is 32.1. The Balaban J connectivity index is 2.26. The summed E-state index contributed by atoms with van der Waals surface area (Å²) in [7, 11) is 0. The molecule has 0 aliphatic carbocycles. The molecule has 2 heterocycles. The number of rotatable bonds is 4. The first-order chi connectivity index (χ1) is 9.38. The minimum Gasteiger partial charge on any atom is -0.479 e. The van der Waals surface area contributed by atoms with Crippen LogP contribution in [-0.4, -0.2) is 16.1 Å². The van der Waals surface area contributed by atoms with E-state index in [9.17, 15) is 18.0 Å². The van der Waals surface area contributed by atoms with Crippen LogP contribution in [0, 0.1) is 0 Å². The standard InChI is InChI=1S/C12H9F3N2O2S/c13-12(14,15)8-4-1-5-9(16-8)17-10(11(18)19)7-3-2-6-20-7/h1-6,10H,(H,16,17)(H,18,19). The third-order valence-electron chi connectivity index (χ3n) is 2.41. The molecule has 4 nitrogen and oxygen atoms in total. The van der Waals surface area contributed by atoms with E-state index in [2.05, 4.69) is 10.3 Å². The molecule has 0 spiro atoms.